The maximum Gasteiger partial charge on any atom is 0.310 e. The van der Waals surface area contributed by atoms with Gasteiger partial charge in [-0.15, -0.1) is 0 Å². The molecule has 7 nitrogen and oxygen atoms in total. The van der Waals surface area contributed by atoms with Crippen molar-refractivity contribution in [3.05, 3.63) is 28.2 Å². The first-order chi connectivity index (χ1) is 10.0. The average Bonchev–Trinajstić information content (AvgIpc) is 2.75. The van der Waals surface area contributed by atoms with Crippen molar-refractivity contribution >= 4 is 39.3 Å². The largest absolute Gasteiger partial charge is 0.383 e. The number of rotatable bonds is 4. The molecule has 8 heteroatoms. The molecule has 1 aromatic carbocycles. The van der Waals surface area contributed by atoms with Crippen molar-refractivity contribution in [2.24, 2.45) is 0 Å². The van der Waals surface area contributed by atoms with E-state index in [9.17, 15) is 14.4 Å². The van der Waals surface area contributed by atoms with Crippen LogP contribution in [0.5, 0.6) is 0 Å². The maximum absolute atomic E-state index is 11.9. The van der Waals surface area contributed by atoms with Gasteiger partial charge < -0.3 is 20.7 Å². The monoisotopic (exact) mass is 355 g/mol. The van der Waals surface area contributed by atoms with Crippen molar-refractivity contribution in [2.75, 3.05) is 25.6 Å². The molecule has 0 fully saturated rings. The number of hydrogen-bond donors (Lipinski definition) is 3. The number of carbonyl (C=O) groups excluding carboxylic acids is 3. The summed E-state index contributed by atoms with van der Waals surface area (Å²) in [6, 6.07) is 4.35. The lowest BCUT2D eigenvalue weighted by Crippen LogP contribution is -2.43. The predicted molar refractivity (Wildman–Crippen MR) is 78.5 cm³/mol. The molecule has 0 saturated carbocycles. The van der Waals surface area contributed by atoms with E-state index >= 15 is 0 Å². The fourth-order valence-corrected chi connectivity index (χ4v) is 2.30. The highest BCUT2D eigenvalue weighted by Crippen LogP contribution is 2.32. The van der Waals surface area contributed by atoms with Crippen molar-refractivity contribution in [3.63, 3.8) is 0 Å². The Hall–Kier alpha value is -1.93. The molecule has 1 aliphatic heterocycles. The van der Waals surface area contributed by atoms with Crippen LogP contribution in [0.15, 0.2) is 22.7 Å². The first-order valence-electron chi connectivity index (χ1n) is 6.21. The second-order valence-electron chi connectivity index (χ2n) is 4.38. The van der Waals surface area contributed by atoms with Gasteiger partial charge in [-0.3, -0.25) is 14.4 Å². The van der Waals surface area contributed by atoms with Crippen LogP contribution < -0.4 is 16.0 Å². The van der Waals surface area contributed by atoms with Crippen LogP contribution in [0.4, 0.5) is 5.69 Å². The highest BCUT2D eigenvalue weighted by atomic mass is 79.9. The first kappa shape index (κ1) is 15.5. The van der Waals surface area contributed by atoms with Crippen LogP contribution in [0.3, 0.4) is 0 Å². The summed E-state index contributed by atoms with van der Waals surface area (Å²) in [5.74, 6) is -2.04. The molecule has 3 N–H and O–H groups in total. The number of anilines is 1. The predicted octanol–water partition coefficient (Wildman–Crippen LogP) is 0.321. The molecule has 0 bridgehead atoms. The van der Waals surface area contributed by atoms with Crippen molar-refractivity contribution in [2.45, 2.75) is 6.04 Å². The number of methoxy groups -OCH3 is 1. The third-order valence-corrected chi connectivity index (χ3v) is 3.41. The number of nitrogens with one attached hydrogen (secondary N) is 3. The molecule has 0 aliphatic carbocycles. The van der Waals surface area contributed by atoms with Crippen LogP contribution in [-0.4, -0.2) is 38.0 Å². The van der Waals surface area contributed by atoms with Gasteiger partial charge in [-0.25, -0.2) is 0 Å². The van der Waals surface area contributed by atoms with Gasteiger partial charge in [0.1, 0.15) is 6.04 Å². The van der Waals surface area contributed by atoms with Gasteiger partial charge in [0.25, 0.3) is 5.91 Å². The lowest BCUT2D eigenvalue weighted by atomic mass is 10.1. The molecule has 21 heavy (non-hydrogen) atoms. The van der Waals surface area contributed by atoms with E-state index in [0.717, 1.165) is 4.47 Å². The fraction of sp³-hybridized carbons (Fsp3) is 0.308. The van der Waals surface area contributed by atoms with Crippen molar-refractivity contribution in [1.82, 2.24) is 10.6 Å². The molecule has 1 atom stereocenters. The summed E-state index contributed by atoms with van der Waals surface area (Å²) in [6.45, 7) is 0.528. The molecule has 3 amide bonds. The summed E-state index contributed by atoms with van der Waals surface area (Å²) in [4.78, 5) is 35.2. The summed E-state index contributed by atoms with van der Waals surface area (Å²) < 4.78 is 5.55. The van der Waals surface area contributed by atoms with Crippen molar-refractivity contribution in [1.29, 1.82) is 0 Å². The van der Waals surface area contributed by atoms with E-state index in [0.29, 0.717) is 17.9 Å². The Kier molecular flexibility index (Phi) is 4.92. The van der Waals surface area contributed by atoms with E-state index < -0.39 is 17.9 Å². The summed E-state index contributed by atoms with van der Waals surface area (Å²) >= 11 is 3.30. The number of amides is 3. The molecule has 0 saturated heterocycles. The van der Waals surface area contributed by atoms with E-state index in [1.54, 1.807) is 18.2 Å². The molecule has 0 aromatic heterocycles. The zero-order valence-corrected chi connectivity index (χ0v) is 12.8. The standard InChI is InChI=1S/C13H14BrN3O4/c1-21-5-4-15-12(19)13(20)17-10-8-6-7(14)2-3-9(8)16-11(10)18/h2-3,6,10H,4-5H2,1H3,(H,15,19)(H,16,18)(H,17,20)/t10-/m0/s1. The van der Waals surface area contributed by atoms with Crippen LogP contribution in [-0.2, 0) is 19.1 Å². The molecule has 0 spiro atoms. The highest BCUT2D eigenvalue weighted by Gasteiger charge is 2.33. The molecular weight excluding hydrogens is 342 g/mol. The van der Waals surface area contributed by atoms with E-state index in [4.69, 9.17) is 4.74 Å². The van der Waals surface area contributed by atoms with E-state index in [1.807, 2.05) is 0 Å². The quantitative estimate of drug-likeness (QED) is 0.535. The Morgan fingerprint density at radius 2 is 2.14 bits per heavy atom. The Bertz CT molecular complexity index is 591. The van der Waals surface area contributed by atoms with Crippen LogP contribution in [0.25, 0.3) is 0 Å². The van der Waals surface area contributed by atoms with E-state index in [2.05, 4.69) is 31.9 Å². The number of ether oxygens (including phenoxy) is 1. The number of carbonyl (C=O) groups is 3. The lowest BCUT2D eigenvalue weighted by Gasteiger charge is -2.11. The fourth-order valence-electron chi connectivity index (χ4n) is 1.92. The molecule has 0 unspecified atom stereocenters. The van der Waals surface area contributed by atoms with Crippen LogP contribution in [0.2, 0.25) is 0 Å². The SMILES string of the molecule is COCCNC(=O)C(=O)N[C@@H]1C(=O)Nc2ccc(Br)cc21. The van der Waals surface area contributed by atoms with E-state index in [1.165, 1.54) is 7.11 Å². The minimum absolute atomic E-state index is 0.224. The second-order valence-corrected chi connectivity index (χ2v) is 5.29. The van der Waals surface area contributed by atoms with Crippen LogP contribution >= 0.6 is 15.9 Å². The second kappa shape index (κ2) is 6.68. The maximum atomic E-state index is 11.9. The Morgan fingerprint density at radius 1 is 1.38 bits per heavy atom. The molecule has 112 valence electrons. The van der Waals surface area contributed by atoms with Gasteiger partial charge in [-0.05, 0) is 18.2 Å². The van der Waals surface area contributed by atoms with Gasteiger partial charge in [-0.1, -0.05) is 15.9 Å². The summed E-state index contributed by atoms with van der Waals surface area (Å²) in [6.07, 6.45) is 0. The van der Waals surface area contributed by atoms with Crippen LogP contribution in [0, 0.1) is 0 Å². The van der Waals surface area contributed by atoms with Gasteiger partial charge in [0.05, 0.1) is 6.61 Å². The van der Waals surface area contributed by atoms with Gasteiger partial charge in [0, 0.05) is 29.4 Å². The van der Waals surface area contributed by atoms with Gasteiger partial charge in [-0.2, -0.15) is 0 Å². The zero-order valence-electron chi connectivity index (χ0n) is 11.2. The highest BCUT2D eigenvalue weighted by molar-refractivity contribution is 9.10. The third kappa shape index (κ3) is 3.59. The number of halogens is 1. The number of hydrogen-bond acceptors (Lipinski definition) is 4. The smallest absolute Gasteiger partial charge is 0.310 e. The van der Waals surface area contributed by atoms with Gasteiger partial charge in [0.15, 0.2) is 0 Å². The van der Waals surface area contributed by atoms with Crippen molar-refractivity contribution in [3.8, 4) is 0 Å². The molecule has 1 aliphatic rings. The lowest BCUT2D eigenvalue weighted by molar-refractivity contribution is -0.140. The molecule has 1 aromatic rings. The minimum atomic E-state index is -0.877. The minimum Gasteiger partial charge on any atom is -0.383 e. The third-order valence-electron chi connectivity index (χ3n) is 2.92. The number of fused-ring (bicyclic) bond motifs is 1. The Morgan fingerprint density at radius 3 is 2.86 bits per heavy atom. The van der Waals surface area contributed by atoms with Gasteiger partial charge in [0.2, 0.25) is 0 Å². The molecule has 1 heterocycles. The zero-order chi connectivity index (χ0) is 15.4. The molecule has 0 radical (unpaired) electrons. The molecule has 2 rings (SSSR count). The topological polar surface area (TPSA) is 96.5 Å². The summed E-state index contributed by atoms with van der Waals surface area (Å²) in [7, 11) is 1.49. The summed E-state index contributed by atoms with van der Waals surface area (Å²) in [5, 5.41) is 7.45. The normalized spacial score (nSPS) is 16.1. The van der Waals surface area contributed by atoms with Crippen molar-refractivity contribution < 1.29 is 19.1 Å². The van der Waals surface area contributed by atoms with Crippen LogP contribution in [0.1, 0.15) is 11.6 Å². The average molecular weight is 356 g/mol. The number of benzene rings is 1. The van der Waals surface area contributed by atoms with E-state index in [-0.39, 0.29) is 12.5 Å². The first-order valence-corrected chi connectivity index (χ1v) is 7.00. The Labute approximate surface area is 129 Å². The summed E-state index contributed by atoms with van der Waals surface area (Å²) in [5.41, 5.74) is 1.24. The Balaban J connectivity index is 2.03. The van der Waals surface area contributed by atoms with Gasteiger partial charge >= 0.3 is 11.8 Å². The molecular formula is C13H14BrN3O4.